The van der Waals surface area contributed by atoms with Gasteiger partial charge in [-0.2, -0.15) is 0 Å². The first-order valence-electron chi connectivity index (χ1n) is 15.5. The molecule has 0 spiro atoms. The predicted molar refractivity (Wildman–Crippen MR) is 152 cm³/mol. The topological polar surface area (TPSA) is 218 Å². The average Bonchev–Trinajstić information content (AvgIpc) is 3.79. The van der Waals surface area contributed by atoms with Crippen molar-refractivity contribution in [3.63, 3.8) is 0 Å². The van der Waals surface area contributed by atoms with Crippen LogP contribution in [0.3, 0.4) is 0 Å². The van der Waals surface area contributed by atoms with Crippen molar-refractivity contribution in [2.24, 2.45) is 22.7 Å². The van der Waals surface area contributed by atoms with Crippen molar-refractivity contribution >= 4 is 23.8 Å². The maximum Gasteiger partial charge on any atom is 0.407 e. The molecule has 0 aromatic carbocycles. The Kier molecular flexibility index (Phi) is 13.0. The molecule has 16 heteroatoms. The van der Waals surface area contributed by atoms with Crippen LogP contribution in [0.1, 0.15) is 67.2 Å². The largest absolute Gasteiger partial charge is 0.459 e. The number of aliphatic hydroxyl groups excluding tert-OH is 3. The molecular formula is C31H45Ac2NO13. The van der Waals surface area contributed by atoms with Gasteiger partial charge in [0, 0.05) is 119 Å². The molecule has 2 radical (unpaired) electrons. The Morgan fingerprint density at radius 1 is 1.09 bits per heavy atom. The summed E-state index contributed by atoms with van der Waals surface area (Å²) in [6.07, 6.45) is -9.12. The molecule has 11 atom stereocenters. The molecule has 47 heavy (non-hydrogen) atoms. The van der Waals surface area contributed by atoms with Crippen molar-refractivity contribution < 1.29 is 152 Å². The summed E-state index contributed by atoms with van der Waals surface area (Å²) in [7, 11) is 0. The van der Waals surface area contributed by atoms with Gasteiger partial charge in [0.1, 0.15) is 29.5 Å². The summed E-state index contributed by atoms with van der Waals surface area (Å²) in [6, 6.07) is -1.01. The van der Waals surface area contributed by atoms with Crippen LogP contribution in [-0.2, 0) is 33.3 Å². The number of nitrogens with one attached hydrogen (secondary N) is 1. The molecular weight excluding hydrogens is 1050 g/mol. The second-order valence-corrected chi connectivity index (χ2v) is 14.0. The Labute approximate surface area is 345 Å². The minimum absolute atomic E-state index is 0. The fourth-order valence-electron chi connectivity index (χ4n) is 8.37. The van der Waals surface area contributed by atoms with Gasteiger partial charge in [-0.15, -0.1) is 0 Å². The van der Waals surface area contributed by atoms with E-state index in [0.29, 0.717) is 12.8 Å². The summed E-state index contributed by atoms with van der Waals surface area (Å²) in [4.78, 5) is 52.5. The van der Waals surface area contributed by atoms with Gasteiger partial charge >= 0.3 is 18.0 Å². The van der Waals surface area contributed by atoms with Crippen LogP contribution in [0.2, 0.25) is 0 Å². The standard InChI is InChI=1S/C31H45NO13.2Ac/c1-7-42-27(39)32-20(15-8-9-15)22(36)26(38)45-16-11-31(41)25(44-14(3)33)23-29(6,17(34)10-18-30(23,40)12-43-18)24(37)21(35)19(13(16)2)28(31,4)5;;/h15-18,20-23,25,34-36,40-41H,7-12H2,1-6H3,(H,32,39);;/t16?,17-,18+,20-,21+,22+,23-,25-,29+,30-,31+;;/m0../s1. The fourth-order valence-corrected chi connectivity index (χ4v) is 8.37. The number of hydrogen-bond donors (Lipinski definition) is 6. The first-order chi connectivity index (χ1) is 20.9. The van der Waals surface area contributed by atoms with E-state index in [0.717, 1.165) is 6.92 Å². The molecule has 1 saturated heterocycles. The van der Waals surface area contributed by atoms with Crippen LogP contribution in [-0.4, -0.2) is 116 Å². The summed E-state index contributed by atoms with van der Waals surface area (Å²) < 4.78 is 22.0. The first-order valence-corrected chi connectivity index (χ1v) is 15.5. The van der Waals surface area contributed by atoms with E-state index >= 15 is 0 Å². The quantitative estimate of drug-likeness (QED) is 0.109. The van der Waals surface area contributed by atoms with Gasteiger partial charge in [-0.05, 0) is 50.7 Å². The van der Waals surface area contributed by atoms with Gasteiger partial charge in [0.2, 0.25) is 0 Å². The van der Waals surface area contributed by atoms with Crippen LogP contribution in [0.25, 0.3) is 0 Å². The number of Topliss-reactive ketones (excluding diaryl/α,β-unsaturated/α-hetero) is 1. The Bertz CT molecular complexity index is 1310. The number of alkyl carbamates (subject to hydrolysis) is 1. The van der Waals surface area contributed by atoms with Crippen LogP contribution in [0.5, 0.6) is 0 Å². The maximum absolute atomic E-state index is 14.3. The zero-order chi connectivity index (χ0) is 33.4. The third kappa shape index (κ3) is 6.71. The Hall–Kier alpha value is 0.263. The van der Waals surface area contributed by atoms with E-state index in [4.69, 9.17) is 18.9 Å². The van der Waals surface area contributed by atoms with Crippen LogP contribution in [0.4, 0.5) is 4.79 Å². The number of hydrogen-bond acceptors (Lipinski definition) is 13. The van der Waals surface area contributed by atoms with Gasteiger partial charge in [-0.1, -0.05) is 13.8 Å². The van der Waals surface area contributed by atoms with E-state index < -0.39 is 101 Å². The number of ketones is 1. The third-order valence-corrected chi connectivity index (χ3v) is 11.2. The van der Waals surface area contributed by atoms with Crippen molar-refractivity contribution in [2.45, 2.75) is 121 Å². The molecule has 0 aromatic rings. The smallest absolute Gasteiger partial charge is 0.407 e. The van der Waals surface area contributed by atoms with Crippen LogP contribution in [0, 0.1) is 111 Å². The van der Waals surface area contributed by atoms with Gasteiger partial charge in [0.25, 0.3) is 0 Å². The summed E-state index contributed by atoms with van der Waals surface area (Å²) in [5, 5.41) is 61.3. The number of carbonyl (C=O) groups excluding carboxylic acids is 4. The molecule has 6 N–H and O–H groups in total. The zero-order valence-electron chi connectivity index (χ0n) is 27.6. The Morgan fingerprint density at radius 2 is 1.70 bits per heavy atom. The van der Waals surface area contributed by atoms with E-state index in [-0.39, 0.29) is 125 Å². The van der Waals surface area contributed by atoms with Gasteiger partial charge < -0.3 is 49.8 Å². The SMILES string of the molecule is CCOC(=O)N[C@@H](C1CC1)[C@@H](O)C(=O)OC1C[C@@]2(O)[C@@H](OC(C)=O)[C@@H]3[C@]4(O)CO[C@@H]4C[C@H](O)[C@@]3(C)C(=O)[C@H](O)C(=C1C)C2(C)C.[Ac].[Ac]. The summed E-state index contributed by atoms with van der Waals surface area (Å²) in [5.41, 5.74) is -7.17. The van der Waals surface area contributed by atoms with E-state index in [2.05, 4.69) is 5.32 Å². The van der Waals surface area contributed by atoms with Gasteiger partial charge in [-0.3, -0.25) is 9.59 Å². The molecule has 4 aliphatic carbocycles. The maximum atomic E-state index is 14.3. The van der Waals surface area contributed by atoms with E-state index in [1.807, 2.05) is 0 Å². The molecule has 5 aliphatic rings. The van der Waals surface area contributed by atoms with Gasteiger partial charge in [-0.25, -0.2) is 9.59 Å². The molecule has 2 bridgehead atoms. The summed E-state index contributed by atoms with van der Waals surface area (Å²) >= 11 is 0. The summed E-state index contributed by atoms with van der Waals surface area (Å²) in [6.45, 7) is 8.54. The van der Waals surface area contributed by atoms with E-state index in [1.165, 1.54) is 13.8 Å². The van der Waals surface area contributed by atoms with Crippen molar-refractivity contribution in [1.29, 1.82) is 0 Å². The van der Waals surface area contributed by atoms with Crippen molar-refractivity contribution in [2.75, 3.05) is 13.2 Å². The molecule has 1 heterocycles. The molecule has 5 rings (SSSR count). The van der Waals surface area contributed by atoms with Crippen molar-refractivity contribution in [1.82, 2.24) is 5.32 Å². The van der Waals surface area contributed by atoms with Gasteiger partial charge in [0.05, 0.1) is 36.9 Å². The molecule has 1 unspecified atom stereocenters. The van der Waals surface area contributed by atoms with E-state index in [1.54, 1.807) is 20.8 Å². The third-order valence-electron chi connectivity index (χ3n) is 11.2. The second kappa shape index (κ2) is 14.7. The average molecular weight is 1090 g/mol. The number of rotatable bonds is 7. The van der Waals surface area contributed by atoms with Crippen LogP contribution in [0.15, 0.2) is 11.1 Å². The predicted octanol–water partition coefficient (Wildman–Crippen LogP) is -0.346. The van der Waals surface area contributed by atoms with Crippen molar-refractivity contribution in [3.05, 3.63) is 11.1 Å². The molecule has 258 valence electrons. The molecule has 1 amide bonds. The van der Waals surface area contributed by atoms with Crippen LogP contribution >= 0.6 is 0 Å². The molecule has 1 aliphatic heterocycles. The number of esters is 2. The molecule has 3 saturated carbocycles. The fraction of sp³-hybridized carbons (Fsp3) is 0.806. The normalized spacial score (nSPS) is 39.9. The first kappa shape index (κ1) is 41.7. The number of amides is 1. The molecule has 4 fully saturated rings. The number of ether oxygens (including phenoxy) is 4. The molecule has 14 nitrogen and oxygen atoms in total. The summed E-state index contributed by atoms with van der Waals surface area (Å²) in [5.74, 6) is -4.45. The minimum Gasteiger partial charge on any atom is -0.459 e. The number of aliphatic hydroxyl groups is 5. The van der Waals surface area contributed by atoms with Crippen LogP contribution < -0.4 is 5.32 Å². The zero-order valence-corrected chi connectivity index (χ0v) is 37.1. The molecule has 0 aromatic heterocycles. The minimum atomic E-state index is -2.19. The Balaban J connectivity index is 0.00000300. The Morgan fingerprint density at radius 3 is 2.21 bits per heavy atom. The number of carbonyl (C=O) groups is 4. The van der Waals surface area contributed by atoms with Gasteiger partial charge in [0.15, 0.2) is 11.9 Å². The monoisotopic (exact) mass is 1090 g/mol. The van der Waals surface area contributed by atoms with E-state index in [9.17, 15) is 44.7 Å². The van der Waals surface area contributed by atoms with Crippen molar-refractivity contribution in [3.8, 4) is 0 Å². The number of fused-ring (bicyclic) bond motifs is 5. The second-order valence-electron chi connectivity index (χ2n) is 14.0.